The van der Waals surface area contributed by atoms with E-state index in [0.717, 1.165) is 11.3 Å². The van der Waals surface area contributed by atoms with Crippen LogP contribution in [0.5, 0.6) is 0 Å². The smallest absolute Gasteiger partial charge is 0.270 e. The summed E-state index contributed by atoms with van der Waals surface area (Å²) in [4.78, 5) is 14.8. The Balaban J connectivity index is 1.84. The molecule has 0 aliphatic heterocycles. The molecule has 2 aromatic carbocycles. The van der Waals surface area contributed by atoms with Gasteiger partial charge in [-0.15, -0.1) is 10.2 Å². The number of rotatable bonds is 6. The Morgan fingerprint density at radius 1 is 1.18 bits per heavy atom. The van der Waals surface area contributed by atoms with E-state index in [2.05, 4.69) is 25.7 Å². The average Bonchev–Trinajstić information content (AvgIpc) is 3.08. The normalized spacial score (nSPS) is 11.4. The highest BCUT2D eigenvalue weighted by atomic mass is 32.1. The fourth-order valence-electron chi connectivity index (χ4n) is 2.14. The summed E-state index contributed by atoms with van der Waals surface area (Å²) in [6.07, 6.45) is 0. The van der Waals surface area contributed by atoms with Crippen LogP contribution in [0.25, 0.3) is 0 Å². The lowest BCUT2D eigenvalue weighted by Crippen LogP contribution is -2.03. The van der Waals surface area contributed by atoms with Gasteiger partial charge in [0.05, 0.1) is 16.3 Å². The minimum Gasteiger partial charge on any atom is -0.270 e. The summed E-state index contributed by atoms with van der Waals surface area (Å²) >= 11 is 1.16. The van der Waals surface area contributed by atoms with Crippen molar-refractivity contribution in [2.45, 2.75) is 6.92 Å². The molecule has 3 aromatic rings. The van der Waals surface area contributed by atoms with E-state index in [-0.39, 0.29) is 17.1 Å². The summed E-state index contributed by atoms with van der Waals surface area (Å²) in [5.74, 6) is 0. The summed E-state index contributed by atoms with van der Waals surface area (Å²) < 4.78 is 0. The van der Waals surface area contributed by atoms with Gasteiger partial charge in [-0.25, -0.2) is 4.98 Å². The fraction of sp³-hybridized carbons (Fsp3) is 0.0556. The summed E-state index contributed by atoms with van der Waals surface area (Å²) in [6, 6.07) is 17.2. The summed E-state index contributed by atoms with van der Waals surface area (Å²) in [5.41, 5.74) is 3.90. The highest BCUT2D eigenvalue weighted by Gasteiger charge is 2.15. The van der Waals surface area contributed by atoms with Gasteiger partial charge in [-0.3, -0.25) is 15.5 Å². The summed E-state index contributed by atoms with van der Waals surface area (Å²) in [5, 5.41) is 33.6. The Hall–Kier alpha value is -3.97. The number of aromatic nitrogens is 1. The predicted octanol–water partition coefficient (Wildman–Crippen LogP) is 5.11. The van der Waals surface area contributed by atoms with Gasteiger partial charge in [0.25, 0.3) is 5.69 Å². The number of anilines is 1. The zero-order valence-corrected chi connectivity index (χ0v) is 15.4. The third kappa shape index (κ3) is 4.40. The topological polar surface area (TPSA) is 129 Å². The van der Waals surface area contributed by atoms with E-state index in [1.165, 1.54) is 12.1 Å². The van der Waals surface area contributed by atoms with Gasteiger partial charge in [0, 0.05) is 6.07 Å². The molecule has 0 aliphatic rings. The van der Waals surface area contributed by atoms with Crippen molar-refractivity contribution < 1.29 is 4.92 Å². The van der Waals surface area contributed by atoms with Crippen molar-refractivity contribution in [1.29, 1.82) is 5.26 Å². The Morgan fingerprint density at radius 3 is 2.61 bits per heavy atom. The van der Waals surface area contributed by atoms with E-state index >= 15 is 0 Å². The first-order chi connectivity index (χ1) is 13.6. The van der Waals surface area contributed by atoms with Crippen molar-refractivity contribution in [2.75, 3.05) is 5.43 Å². The number of nitro benzene ring substituents is 1. The molecule has 1 N–H and O–H groups in total. The molecule has 0 amide bonds. The van der Waals surface area contributed by atoms with Crippen molar-refractivity contribution in [3.63, 3.8) is 0 Å². The monoisotopic (exact) mass is 391 g/mol. The van der Waals surface area contributed by atoms with E-state index in [4.69, 9.17) is 0 Å². The molecular formula is C18H13N7O2S. The molecule has 10 heteroatoms. The zero-order valence-electron chi connectivity index (χ0n) is 14.6. The van der Waals surface area contributed by atoms with Crippen molar-refractivity contribution in [2.24, 2.45) is 15.3 Å². The van der Waals surface area contributed by atoms with Gasteiger partial charge < -0.3 is 0 Å². The third-order valence-corrected chi connectivity index (χ3v) is 4.53. The standard InChI is InChI=1S/C18H13N7O2S/c1-12-17(24-21-13-7-3-2-4-8-13)28-18(20-12)15(11-19)23-22-14-9-5-6-10-16(14)25(26)27/h2-10,22H,1H3/b23-15-,24-21?. The maximum atomic E-state index is 11.1. The molecule has 0 saturated heterocycles. The number of nitrogens with zero attached hydrogens (tertiary/aromatic N) is 6. The van der Waals surface area contributed by atoms with Crippen LogP contribution in [0.1, 0.15) is 10.7 Å². The molecule has 0 spiro atoms. The van der Waals surface area contributed by atoms with Crippen LogP contribution in [0.3, 0.4) is 0 Å². The Bertz CT molecular complexity index is 1100. The second-order valence-corrected chi connectivity index (χ2v) is 6.38. The van der Waals surface area contributed by atoms with Crippen LogP contribution in [0.4, 0.5) is 22.1 Å². The van der Waals surface area contributed by atoms with E-state index in [1.54, 1.807) is 19.1 Å². The second kappa shape index (κ2) is 8.61. The third-order valence-electron chi connectivity index (χ3n) is 3.48. The van der Waals surface area contributed by atoms with Crippen LogP contribution < -0.4 is 5.43 Å². The number of para-hydroxylation sites is 2. The Morgan fingerprint density at radius 2 is 1.89 bits per heavy atom. The molecule has 9 nitrogen and oxygen atoms in total. The quantitative estimate of drug-likeness (QED) is 0.270. The van der Waals surface area contributed by atoms with Crippen LogP contribution in [0.2, 0.25) is 0 Å². The minimum atomic E-state index is -0.528. The van der Waals surface area contributed by atoms with Crippen molar-refractivity contribution in [3.8, 4) is 6.07 Å². The molecule has 1 aromatic heterocycles. The molecular weight excluding hydrogens is 378 g/mol. The number of nitro groups is 1. The van der Waals surface area contributed by atoms with Crippen LogP contribution in [0.15, 0.2) is 69.9 Å². The highest BCUT2D eigenvalue weighted by molar-refractivity contribution is 7.17. The molecule has 0 unspecified atom stereocenters. The van der Waals surface area contributed by atoms with Gasteiger partial charge in [0.15, 0.2) is 15.7 Å². The molecule has 1 heterocycles. The van der Waals surface area contributed by atoms with Crippen LogP contribution >= 0.6 is 11.3 Å². The second-order valence-electron chi connectivity index (χ2n) is 5.40. The number of nitrogens with one attached hydrogen (secondary N) is 1. The van der Waals surface area contributed by atoms with Gasteiger partial charge in [0.1, 0.15) is 11.8 Å². The first-order valence-corrected chi connectivity index (χ1v) is 8.82. The summed E-state index contributed by atoms with van der Waals surface area (Å²) in [6.45, 7) is 1.75. The number of nitriles is 1. The Kier molecular flexibility index (Phi) is 5.78. The predicted molar refractivity (Wildman–Crippen MR) is 106 cm³/mol. The van der Waals surface area contributed by atoms with Crippen LogP contribution in [0, 0.1) is 28.4 Å². The van der Waals surface area contributed by atoms with Crippen molar-refractivity contribution in [1.82, 2.24) is 4.98 Å². The van der Waals surface area contributed by atoms with Gasteiger partial charge in [-0.1, -0.05) is 41.7 Å². The molecule has 138 valence electrons. The number of thiazole rings is 1. The first-order valence-electron chi connectivity index (χ1n) is 8.00. The summed E-state index contributed by atoms with van der Waals surface area (Å²) in [7, 11) is 0. The van der Waals surface area contributed by atoms with E-state index in [9.17, 15) is 15.4 Å². The van der Waals surface area contributed by atoms with E-state index in [1.807, 2.05) is 36.4 Å². The van der Waals surface area contributed by atoms with E-state index in [0.29, 0.717) is 21.4 Å². The molecule has 0 saturated carbocycles. The molecule has 3 rings (SSSR count). The average molecular weight is 391 g/mol. The van der Waals surface area contributed by atoms with E-state index < -0.39 is 4.92 Å². The van der Waals surface area contributed by atoms with Gasteiger partial charge in [0.2, 0.25) is 0 Å². The van der Waals surface area contributed by atoms with Crippen LogP contribution in [-0.4, -0.2) is 15.6 Å². The number of hydrogen-bond donors (Lipinski definition) is 1. The maximum Gasteiger partial charge on any atom is 0.294 e. The zero-order chi connectivity index (χ0) is 19.9. The lowest BCUT2D eigenvalue weighted by molar-refractivity contribution is -0.384. The highest BCUT2D eigenvalue weighted by Crippen LogP contribution is 2.30. The minimum absolute atomic E-state index is 0.00703. The lowest BCUT2D eigenvalue weighted by Gasteiger charge is -2.01. The molecule has 0 radical (unpaired) electrons. The fourth-order valence-corrected chi connectivity index (χ4v) is 2.97. The largest absolute Gasteiger partial charge is 0.294 e. The van der Waals surface area contributed by atoms with Gasteiger partial charge in [-0.2, -0.15) is 10.4 Å². The number of aryl methyl sites for hydroxylation is 1. The van der Waals surface area contributed by atoms with Crippen molar-refractivity contribution >= 4 is 39.1 Å². The first kappa shape index (κ1) is 18.8. The molecule has 0 bridgehead atoms. The lowest BCUT2D eigenvalue weighted by atomic mass is 10.3. The number of hydrogen-bond acceptors (Lipinski definition) is 9. The van der Waals surface area contributed by atoms with Crippen LogP contribution in [-0.2, 0) is 0 Å². The molecule has 0 fully saturated rings. The SMILES string of the molecule is Cc1nc(/C(C#N)=N\Nc2ccccc2[N+](=O)[O-])sc1N=Nc1ccccc1. The van der Waals surface area contributed by atoms with Crippen molar-refractivity contribution in [3.05, 3.63) is 75.4 Å². The molecule has 0 atom stereocenters. The Labute approximate surface area is 163 Å². The maximum absolute atomic E-state index is 11.1. The molecule has 0 aliphatic carbocycles. The molecule has 28 heavy (non-hydrogen) atoms. The van der Waals surface area contributed by atoms with Gasteiger partial charge in [-0.05, 0) is 25.1 Å². The number of hydrazone groups is 1. The number of azo groups is 1. The van der Waals surface area contributed by atoms with Gasteiger partial charge >= 0.3 is 0 Å². The number of benzene rings is 2.